The molecule has 4 heteroatoms. The molecule has 0 aliphatic rings. The van der Waals surface area contributed by atoms with Crippen molar-refractivity contribution < 1.29 is 4.74 Å². The summed E-state index contributed by atoms with van der Waals surface area (Å²) in [6.45, 7) is 5.53. The van der Waals surface area contributed by atoms with Crippen molar-refractivity contribution in [3.63, 3.8) is 0 Å². The number of aryl methyl sites for hydroxylation is 1. The van der Waals surface area contributed by atoms with Gasteiger partial charge in [-0.15, -0.1) is 0 Å². The first-order valence-corrected chi connectivity index (χ1v) is 8.10. The predicted molar refractivity (Wildman–Crippen MR) is 91.5 cm³/mol. The summed E-state index contributed by atoms with van der Waals surface area (Å²) in [4.78, 5) is 0. The fourth-order valence-corrected chi connectivity index (χ4v) is 3.63. The lowest BCUT2D eigenvalue weighted by atomic mass is 10.2. The molecule has 2 nitrogen and oxygen atoms in total. The predicted octanol–water partition coefficient (Wildman–Crippen LogP) is 5.53. The number of benzene rings is 2. The summed E-state index contributed by atoms with van der Waals surface area (Å²) >= 11 is 7.18. The van der Waals surface area contributed by atoms with E-state index in [4.69, 9.17) is 4.74 Å². The van der Waals surface area contributed by atoms with Crippen molar-refractivity contribution in [2.24, 2.45) is 0 Å². The number of hydrogen-bond acceptors (Lipinski definition) is 2. The number of hydrogen-bond donors (Lipinski definition) is 1. The van der Waals surface area contributed by atoms with Crippen LogP contribution in [-0.2, 0) is 6.54 Å². The average molecular weight is 399 g/mol. The van der Waals surface area contributed by atoms with Crippen LogP contribution in [0.1, 0.15) is 18.1 Å². The van der Waals surface area contributed by atoms with E-state index in [1.54, 1.807) is 0 Å². The molecule has 0 atom stereocenters. The van der Waals surface area contributed by atoms with E-state index < -0.39 is 0 Å². The molecular formula is C16H17Br2NO. The third-order valence-corrected chi connectivity index (χ3v) is 4.14. The summed E-state index contributed by atoms with van der Waals surface area (Å²) in [5.74, 6) is 0.911. The summed E-state index contributed by atoms with van der Waals surface area (Å²) < 4.78 is 7.57. The highest BCUT2D eigenvalue weighted by Gasteiger charge is 2.06. The SMILES string of the molecule is CCOc1ccc(CNc2c(Br)cc(C)cc2Br)cc1. The van der Waals surface area contributed by atoms with Crippen molar-refractivity contribution in [2.75, 3.05) is 11.9 Å². The third-order valence-electron chi connectivity index (χ3n) is 2.89. The number of halogens is 2. The van der Waals surface area contributed by atoms with Crippen LogP contribution in [0.15, 0.2) is 45.3 Å². The van der Waals surface area contributed by atoms with Gasteiger partial charge >= 0.3 is 0 Å². The average Bonchev–Trinajstić information content (AvgIpc) is 2.39. The Kier molecular flexibility index (Phi) is 5.49. The maximum Gasteiger partial charge on any atom is 0.119 e. The highest BCUT2D eigenvalue weighted by molar-refractivity contribution is 9.11. The molecule has 2 aromatic rings. The zero-order valence-electron chi connectivity index (χ0n) is 11.5. The van der Waals surface area contributed by atoms with E-state index >= 15 is 0 Å². The Balaban J connectivity index is 2.05. The lowest BCUT2D eigenvalue weighted by molar-refractivity contribution is 0.340. The molecule has 0 aliphatic carbocycles. The highest BCUT2D eigenvalue weighted by atomic mass is 79.9. The Labute approximate surface area is 136 Å². The molecule has 0 spiro atoms. The van der Waals surface area contributed by atoms with Gasteiger partial charge in [-0.3, -0.25) is 0 Å². The molecule has 0 amide bonds. The summed E-state index contributed by atoms with van der Waals surface area (Å²) in [5.41, 5.74) is 3.51. The zero-order valence-corrected chi connectivity index (χ0v) is 14.7. The van der Waals surface area contributed by atoms with Crippen LogP contribution in [-0.4, -0.2) is 6.61 Å². The minimum atomic E-state index is 0.695. The highest BCUT2D eigenvalue weighted by Crippen LogP contribution is 2.32. The van der Waals surface area contributed by atoms with Gasteiger partial charge in [0, 0.05) is 15.5 Å². The minimum absolute atomic E-state index is 0.695. The molecule has 0 aromatic heterocycles. The second kappa shape index (κ2) is 7.14. The Hall–Kier alpha value is -1.00. The van der Waals surface area contributed by atoms with E-state index in [9.17, 15) is 0 Å². The number of rotatable bonds is 5. The third kappa shape index (κ3) is 4.00. The molecule has 0 unspecified atom stereocenters. The summed E-state index contributed by atoms with van der Waals surface area (Å²) in [5, 5.41) is 3.44. The largest absolute Gasteiger partial charge is 0.494 e. The van der Waals surface area contributed by atoms with Crippen LogP contribution >= 0.6 is 31.9 Å². The van der Waals surface area contributed by atoms with Gasteiger partial charge < -0.3 is 10.1 Å². The van der Waals surface area contributed by atoms with E-state index in [-0.39, 0.29) is 0 Å². The van der Waals surface area contributed by atoms with Gasteiger partial charge in [0.25, 0.3) is 0 Å². The lowest BCUT2D eigenvalue weighted by Gasteiger charge is -2.12. The second-order valence-corrected chi connectivity index (χ2v) is 6.24. The van der Waals surface area contributed by atoms with Crippen LogP contribution in [0.3, 0.4) is 0 Å². The van der Waals surface area contributed by atoms with E-state index in [2.05, 4.69) is 68.4 Å². The van der Waals surface area contributed by atoms with E-state index in [0.29, 0.717) is 6.61 Å². The van der Waals surface area contributed by atoms with E-state index in [1.807, 2.05) is 19.1 Å². The minimum Gasteiger partial charge on any atom is -0.494 e. The van der Waals surface area contributed by atoms with Crippen LogP contribution < -0.4 is 10.1 Å². The molecular weight excluding hydrogens is 382 g/mol. The normalized spacial score (nSPS) is 10.4. The van der Waals surface area contributed by atoms with Crippen LogP contribution in [0.4, 0.5) is 5.69 Å². The van der Waals surface area contributed by atoms with Crippen molar-refractivity contribution in [1.82, 2.24) is 0 Å². The molecule has 2 aromatic carbocycles. The molecule has 0 fully saturated rings. The fraction of sp³-hybridized carbons (Fsp3) is 0.250. The Bertz CT molecular complexity index is 559. The van der Waals surface area contributed by atoms with Crippen LogP contribution in [0.2, 0.25) is 0 Å². The van der Waals surface area contributed by atoms with Gasteiger partial charge in [0.2, 0.25) is 0 Å². The smallest absolute Gasteiger partial charge is 0.119 e. The molecule has 0 radical (unpaired) electrons. The van der Waals surface area contributed by atoms with Crippen molar-refractivity contribution in [2.45, 2.75) is 20.4 Å². The lowest BCUT2D eigenvalue weighted by Crippen LogP contribution is -2.01. The summed E-state index contributed by atoms with van der Waals surface area (Å²) in [6.07, 6.45) is 0. The van der Waals surface area contributed by atoms with Gasteiger partial charge in [0.1, 0.15) is 5.75 Å². The number of ether oxygens (including phenoxy) is 1. The monoisotopic (exact) mass is 397 g/mol. The molecule has 0 aliphatic heterocycles. The quantitative estimate of drug-likeness (QED) is 0.714. The standard InChI is InChI=1S/C16H17Br2NO/c1-3-20-13-6-4-12(5-7-13)10-19-16-14(17)8-11(2)9-15(16)18/h4-9,19H,3,10H2,1-2H3. The molecule has 2 rings (SSSR count). The maximum absolute atomic E-state index is 5.44. The topological polar surface area (TPSA) is 21.3 Å². The van der Waals surface area contributed by atoms with Crippen LogP contribution in [0.25, 0.3) is 0 Å². The van der Waals surface area contributed by atoms with E-state index in [1.165, 1.54) is 11.1 Å². The maximum atomic E-state index is 5.44. The van der Waals surface area contributed by atoms with Crippen molar-refractivity contribution >= 4 is 37.5 Å². The molecule has 20 heavy (non-hydrogen) atoms. The number of anilines is 1. The molecule has 106 valence electrons. The van der Waals surface area contributed by atoms with E-state index in [0.717, 1.165) is 26.9 Å². The van der Waals surface area contributed by atoms with Gasteiger partial charge in [-0.1, -0.05) is 12.1 Å². The fourth-order valence-electron chi connectivity index (χ4n) is 1.93. The first kappa shape index (κ1) is 15.4. The Morgan fingerprint density at radius 3 is 2.20 bits per heavy atom. The summed E-state index contributed by atoms with van der Waals surface area (Å²) in [7, 11) is 0. The molecule has 0 saturated heterocycles. The van der Waals surface area contributed by atoms with Gasteiger partial charge in [-0.2, -0.15) is 0 Å². The molecule has 0 saturated carbocycles. The molecule has 0 bridgehead atoms. The number of nitrogens with one attached hydrogen (secondary N) is 1. The zero-order chi connectivity index (χ0) is 14.5. The van der Waals surface area contributed by atoms with Gasteiger partial charge in [-0.25, -0.2) is 0 Å². The molecule has 0 heterocycles. The van der Waals surface area contributed by atoms with Crippen molar-refractivity contribution in [1.29, 1.82) is 0 Å². The van der Waals surface area contributed by atoms with Gasteiger partial charge in [-0.05, 0) is 81.1 Å². The van der Waals surface area contributed by atoms with Gasteiger partial charge in [0.05, 0.1) is 12.3 Å². The van der Waals surface area contributed by atoms with Crippen LogP contribution in [0, 0.1) is 6.92 Å². The molecule has 1 N–H and O–H groups in total. The first-order chi connectivity index (χ1) is 9.60. The van der Waals surface area contributed by atoms with Crippen molar-refractivity contribution in [3.05, 3.63) is 56.5 Å². The second-order valence-electron chi connectivity index (χ2n) is 4.53. The first-order valence-electron chi connectivity index (χ1n) is 6.51. The van der Waals surface area contributed by atoms with Crippen molar-refractivity contribution in [3.8, 4) is 5.75 Å². The van der Waals surface area contributed by atoms with Gasteiger partial charge in [0.15, 0.2) is 0 Å². The van der Waals surface area contributed by atoms with Crippen LogP contribution in [0.5, 0.6) is 5.75 Å². The summed E-state index contributed by atoms with van der Waals surface area (Å²) in [6, 6.07) is 12.4. The Morgan fingerprint density at radius 1 is 1.05 bits per heavy atom. The Morgan fingerprint density at radius 2 is 1.65 bits per heavy atom.